The third-order valence-electron chi connectivity index (χ3n) is 3.84. The number of benzene rings is 2. The van der Waals surface area contributed by atoms with Gasteiger partial charge in [0.2, 0.25) is 0 Å². The van der Waals surface area contributed by atoms with E-state index >= 15 is 0 Å². The summed E-state index contributed by atoms with van der Waals surface area (Å²) in [5.41, 5.74) is 1.15. The van der Waals surface area contributed by atoms with Crippen molar-refractivity contribution < 1.29 is 14.4 Å². The van der Waals surface area contributed by atoms with Gasteiger partial charge >= 0.3 is 0 Å². The number of rotatable bonds is 3. The van der Waals surface area contributed by atoms with Gasteiger partial charge in [-0.3, -0.25) is 19.7 Å². The lowest BCUT2D eigenvalue weighted by Gasteiger charge is -2.17. The average molecular weight is 349 g/mol. The average Bonchev–Trinajstić information content (AvgIpc) is 3.23. The van der Waals surface area contributed by atoms with Crippen LogP contribution in [-0.4, -0.2) is 22.7 Å². The van der Waals surface area contributed by atoms with Crippen LogP contribution in [0.1, 0.15) is 31.1 Å². The Morgan fingerprint density at radius 3 is 2.24 bits per heavy atom. The van der Waals surface area contributed by atoms with E-state index in [4.69, 9.17) is 0 Å². The number of amides is 3. The van der Waals surface area contributed by atoms with Gasteiger partial charge in [0, 0.05) is 11.6 Å². The molecule has 2 aromatic carbocycles. The summed E-state index contributed by atoms with van der Waals surface area (Å²) in [6.07, 6.45) is 1.58. The van der Waals surface area contributed by atoms with Crippen LogP contribution in [-0.2, 0) is 0 Å². The number of fused-ring (bicyclic) bond motifs is 1. The van der Waals surface area contributed by atoms with E-state index < -0.39 is 17.7 Å². The van der Waals surface area contributed by atoms with E-state index in [0.29, 0.717) is 16.3 Å². The molecule has 122 valence electrons. The molecular formula is C18H11N3O3S. The Morgan fingerprint density at radius 2 is 1.60 bits per heavy atom. The molecule has 0 bridgehead atoms. The van der Waals surface area contributed by atoms with Crippen molar-refractivity contribution in [3.63, 3.8) is 0 Å². The molecule has 1 aromatic heterocycles. The highest BCUT2D eigenvalue weighted by Crippen LogP contribution is 2.31. The maximum Gasteiger partial charge on any atom is 0.266 e. The standard InChI is InChI=1S/C18H11N3O3S/c22-15(20-18-19-9-10-25-18)13-7-3-4-8-14(13)21-16(23)11-5-1-2-6-12(11)17(21)24/h1-10H,(H,19,20,22). The first-order chi connectivity index (χ1) is 12.2. The van der Waals surface area contributed by atoms with Crippen molar-refractivity contribution >= 4 is 39.9 Å². The van der Waals surface area contributed by atoms with Crippen molar-refractivity contribution in [2.75, 3.05) is 10.2 Å². The lowest BCUT2D eigenvalue weighted by molar-refractivity contribution is 0.0926. The molecule has 3 aromatic rings. The van der Waals surface area contributed by atoms with Crippen LogP contribution >= 0.6 is 11.3 Å². The van der Waals surface area contributed by atoms with E-state index in [-0.39, 0.29) is 11.3 Å². The summed E-state index contributed by atoms with van der Waals surface area (Å²) in [6.45, 7) is 0. The van der Waals surface area contributed by atoms with Gasteiger partial charge in [-0.2, -0.15) is 0 Å². The van der Waals surface area contributed by atoms with Crippen LogP contribution in [0.3, 0.4) is 0 Å². The number of para-hydroxylation sites is 1. The summed E-state index contributed by atoms with van der Waals surface area (Å²) >= 11 is 1.28. The fourth-order valence-electron chi connectivity index (χ4n) is 2.72. The summed E-state index contributed by atoms with van der Waals surface area (Å²) in [5, 5.41) is 4.86. The third-order valence-corrected chi connectivity index (χ3v) is 4.52. The van der Waals surface area contributed by atoms with E-state index in [1.807, 2.05) is 0 Å². The number of carbonyl (C=O) groups is 3. The van der Waals surface area contributed by atoms with Crippen molar-refractivity contribution in [2.24, 2.45) is 0 Å². The fourth-order valence-corrected chi connectivity index (χ4v) is 3.24. The SMILES string of the molecule is O=C(Nc1nccs1)c1ccccc1N1C(=O)c2ccccc2C1=O. The summed E-state index contributed by atoms with van der Waals surface area (Å²) in [6, 6.07) is 13.1. The molecular weight excluding hydrogens is 338 g/mol. The molecule has 4 rings (SSSR count). The molecule has 0 unspecified atom stereocenters. The highest BCUT2D eigenvalue weighted by molar-refractivity contribution is 7.13. The zero-order valence-corrected chi connectivity index (χ0v) is 13.6. The number of nitrogens with zero attached hydrogens (tertiary/aromatic N) is 2. The highest BCUT2D eigenvalue weighted by atomic mass is 32.1. The molecule has 25 heavy (non-hydrogen) atoms. The second-order valence-corrected chi connectivity index (χ2v) is 6.19. The van der Waals surface area contributed by atoms with Crippen molar-refractivity contribution in [1.82, 2.24) is 4.98 Å². The first-order valence-corrected chi connectivity index (χ1v) is 8.32. The molecule has 6 nitrogen and oxygen atoms in total. The Balaban J connectivity index is 1.74. The van der Waals surface area contributed by atoms with Gasteiger partial charge in [0.05, 0.1) is 22.4 Å². The molecule has 0 saturated heterocycles. The predicted octanol–water partition coefficient (Wildman–Crippen LogP) is 3.20. The van der Waals surface area contributed by atoms with Gasteiger partial charge in [0.25, 0.3) is 17.7 Å². The van der Waals surface area contributed by atoms with Crippen LogP contribution in [0.5, 0.6) is 0 Å². The molecule has 0 saturated carbocycles. The molecule has 1 aliphatic heterocycles. The van der Waals surface area contributed by atoms with E-state index in [1.165, 1.54) is 11.3 Å². The topological polar surface area (TPSA) is 79.4 Å². The summed E-state index contributed by atoms with van der Waals surface area (Å²) in [5.74, 6) is -1.30. The number of hydrogen-bond donors (Lipinski definition) is 1. The quantitative estimate of drug-likeness (QED) is 0.737. The first-order valence-electron chi connectivity index (χ1n) is 7.44. The Hall–Kier alpha value is -3.32. The van der Waals surface area contributed by atoms with Crippen LogP contribution in [0.15, 0.2) is 60.1 Å². The summed E-state index contributed by atoms with van der Waals surface area (Å²) < 4.78 is 0. The van der Waals surface area contributed by atoms with E-state index in [1.54, 1.807) is 60.1 Å². The minimum absolute atomic E-state index is 0.229. The minimum atomic E-state index is -0.435. The first kappa shape index (κ1) is 15.2. The molecule has 0 spiro atoms. The van der Waals surface area contributed by atoms with Crippen molar-refractivity contribution in [3.05, 3.63) is 76.8 Å². The molecule has 3 amide bonds. The van der Waals surface area contributed by atoms with E-state index in [0.717, 1.165) is 4.90 Å². The maximum atomic E-state index is 12.7. The summed E-state index contributed by atoms with van der Waals surface area (Å²) in [7, 11) is 0. The molecule has 0 fully saturated rings. The van der Waals surface area contributed by atoms with Crippen molar-refractivity contribution in [1.29, 1.82) is 0 Å². The van der Waals surface area contributed by atoms with E-state index in [9.17, 15) is 14.4 Å². The van der Waals surface area contributed by atoms with Gasteiger partial charge in [-0.15, -0.1) is 11.3 Å². The molecule has 2 heterocycles. The van der Waals surface area contributed by atoms with Gasteiger partial charge in [-0.1, -0.05) is 24.3 Å². The number of imide groups is 1. The number of hydrogen-bond acceptors (Lipinski definition) is 5. The molecule has 7 heteroatoms. The smallest absolute Gasteiger partial charge is 0.266 e. The fraction of sp³-hybridized carbons (Fsp3) is 0. The number of aromatic nitrogens is 1. The largest absolute Gasteiger partial charge is 0.298 e. The van der Waals surface area contributed by atoms with Crippen molar-refractivity contribution in [3.8, 4) is 0 Å². The molecule has 1 aliphatic rings. The number of carbonyl (C=O) groups excluding carboxylic acids is 3. The second-order valence-electron chi connectivity index (χ2n) is 5.30. The Morgan fingerprint density at radius 1 is 0.960 bits per heavy atom. The summed E-state index contributed by atoms with van der Waals surface area (Å²) in [4.78, 5) is 43.0. The Kier molecular flexibility index (Phi) is 3.62. The Bertz CT molecular complexity index is 963. The van der Waals surface area contributed by atoms with Gasteiger partial charge in [-0.25, -0.2) is 9.88 Å². The van der Waals surface area contributed by atoms with Crippen LogP contribution < -0.4 is 10.2 Å². The maximum absolute atomic E-state index is 12.7. The molecule has 0 atom stereocenters. The minimum Gasteiger partial charge on any atom is -0.298 e. The van der Waals surface area contributed by atoms with Crippen LogP contribution in [0.2, 0.25) is 0 Å². The molecule has 0 radical (unpaired) electrons. The van der Waals surface area contributed by atoms with E-state index in [2.05, 4.69) is 10.3 Å². The van der Waals surface area contributed by atoms with Gasteiger partial charge in [0.1, 0.15) is 0 Å². The van der Waals surface area contributed by atoms with Gasteiger partial charge in [0.15, 0.2) is 5.13 Å². The van der Waals surface area contributed by atoms with Crippen LogP contribution in [0.4, 0.5) is 10.8 Å². The number of anilines is 2. The van der Waals surface area contributed by atoms with Gasteiger partial charge < -0.3 is 0 Å². The predicted molar refractivity (Wildman–Crippen MR) is 94.1 cm³/mol. The van der Waals surface area contributed by atoms with Crippen LogP contribution in [0, 0.1) is 0 Å². The molecule has 1 N–H and O–H groups in total. The highest BCUT2D eigenvalue weighted by Gasteiger charge is 2.37. The van der Waals surface area contributed by atoms with Crippen LogP contribution in [0.25, 0.3) is 0 Å². The zero-order chi connectivity index (χ0) is 17.4. The monoisotopic (exact) mass is 349 g/mol. The molecule has 0 aliphatic carbocycles. The van der Waals surface area contributed by atoms with Crippen molar-refractivity contribution in [2.45, 2.75) is 0 Å². The second kappa shape index (κ2) is 5.95. The number of nitrogens with one attached hydrogen (secondary N) is 1. The normalized spacial score (nSPS) is 13.0. The lowest BCUT2D eigenvalue weighted by atomic mass is 10.1. The number of thiazole rings is 1. The third kappa shape index (κ3) is 2.50. The zero-order valence-electron chi connectivity index (χ0n) is 12.8. The Labute approximate surface area is 146 Å². The lowest BCUT2D eigenvalue weighted by Crippen LogP contribution is -2.31. The van der Waals surface area contributed by atoms with Gasteiger partial charge in [-0.05, 0) is 24.3 Å².